The zero-order valence-electron chi connectivity index (χ0n) is 8.75. The maximum atomic E-state index is 11.1. The van der Waals surface area contributed by atoms with Crippen molar-refractivity contribution in [3.05, 3.63) is 35.0 Å². The van der Waals surface area contributed by atoms with Crippen LogP contribution < -0.4 is 5.32 Å². The van der Waals surface area contributed by atoms with Gasteiger partial charge in [-0.3, -0.25) is 4.55 Å². The molecule has 0 radical (unpaired) electrons. The molecule has 0 saturated carbocycles. The largest absolute Gasteiger partial charge is 0.359 e. The van der Waals surface area contributed by atoms with Crippen molar-refractivity contribution in [3.63, 3.8) is 0 Å². The van der Waals surface area contributed by atoms with E-state index in [4.69, 9.17) is 26.7 Å². The Morgan fingerprint density at radius 2 is 2.00 bits per heavy atom. The summed E-state index contributed by atoms with van der Waals surface area (Å²) in [5.74, 6) is 0. The summed E-state index contributed by atoms with van der Waals surface area (Å²) in [6.45, 7) is 0. The third kappa shape index (κ3) is 3.47. The Morgan fingerprint density at radius 3 is 2.50 bits per heavy atom. The van der Waals surface area contributed by atoms with Gasteiger partial charge < -0.3 is 5.32 Å². The predicted octanol–water partition coefficient (Wildman–Crippen LogP) is 1.93. The van der Waals surface area contributed by atoms with E-state index in [1.165, 1.54) is 12.1 Å². The monoisotopic (exact) mass is 283 g/mol. The highest BCUT2D eigenvalue weighted by Crippen LogP contribution is 2.25. The Kier molecular flexibility index (Phi) is 4.29. The summed E-state index contributed by atoms with van der Waals surface area (Å²) in [4.78, 5) is -0.443. The number of hydrogen-bond acceptors (Lipinski definition) is 5. The molecule has 6 nitrogen and oxygen atoms in total. The first-order valence-electron chi connectivity index (χ1n) is 4.42. The van der Waals surface area contributed by atoms with Crippen LogP contribution in [-0.4, -0.2) is 13.0 Å². The van der Waals surface area contributed by atoms with E-state index < -0.39 is 15.0 Å². The van der Waals surface area contributed by atoms with Crippen molar-refractivity contribution in [2.45, 2.75) is 4.90 Å². The van der Waals surface area contributed by atoms with Crippen molar-refractivity contribution in [2.75, 3.05) is 5.32 Å². The van der Waals surface area contributed by atoms with Crippen LogP contribution in [-0.2, 0) is 10.1 Å². The van der Waals surface area contributed by atoms with Gasteiger partial charge in [-0.1, -0.05) is 11.6 Å². The van der Waals surface area contributed by atoms with Crippen LogP contribution in [0.2, 0.25) is 5.02 Å². The van der Waals surface area contributed by atoms with Crippen LogP contribution in [0, 0.1) is 22.7 Å². The summed E-state index contributed by atoms with van der Waals surface area (Å²) < 4.78 is 31.2. The number of nitriles is 2. The van der Waals surface area contributed by atoms with E-state index in [1.807, 2.05) is 0 Å². The standard InChI is InChI=1S/C10H6ClN3O3S/c11-8-1-2-9(10(3-8)18(15,16)17)14-6-7(4-12)5-13/h1-3,6,14H,(H,15,16,17). The van der Waals surface area contributed by atoms with Gasteiger partial charge in [0.1, 0.15) is 22.6 Å². The van der Waals surface area contributed by atoms with Gasteiger partial charge in [0.25, 0.3) is 10.1 Å². The van der Waals surface area contributed by atoms with Crippen LogP contribution in [0.4, 0.5) is 5.69 Å². The van der Waals surface area contributed by atoms with Crippen molar-refractivity contribution in [1.82, 2.24) is 0 Å². The lowest BCUT2D eigenvalue weighted by molar-refractivity contribution is 0.483. The minimum Gasteiger partial charge on any atom is -0.359 e. The molecule has 0 aliphatic rings. The van der Waals surface area contributed by atoms with Crippen molar-refractivity contribution < 1.29 is 13.0 Å². The van der Waals surface area contributed by atoms with Crippen molar-refractivity contribution >= 4 is 27.4 Å². The molecule has 1 rings (SSSR count). The smallest absolute Gasteiger partial charge is 0.296 e. The number of nitrogens with one attached hydrogen (secondary N) is 1. The van der Waals surface area contributed by atoms with E-state index >= 15 is 0 Å². The van der Waals surface area contributed by atoms with Crippen molar-refractivity contribution in [1.29, 1.82) is 10.5 Å². The highest BCUT2D eigenvalue weighted by atomic mass is 35.5. The second kappa shape index (κ2) is 5.52. The van der Waals surface area contributed by atoms with E-state index in [0.717, 1.165) is 12.3 Å². The first-order valence-corrected chi connectivity index (χ1v) is 6.24. The number of nitrogens with zero attached hydrogens (tertiary/aromatic N) is 2. The topological polar surface area (TPSA) is 114 Å². The molecule has 1 aromatic carbocycles. The van der Waals surface area contributed by atoms with Crippen molar-refractivity contribution in [3.8, 4) is 12.1 Å². The third-order valence-corrected chi connectivity index (χ3v) is 2.96. The van der Waals surface area contributed by atoms with Crippen LogP contribution in [0.15, 0.2) is 34.9 Å². The molecule has 0 aliphatic carbocycles. The Bertz CT molecular complexity index is 667. The van der Waals surface area contributed by atoms with E-state index in [-0.39, 0.29) is 16.3 Å². The fourth-order valence-electron chi connectivity index (χ4n) is 1.07. The third-order valence-electron chi connectivity index (χ3n) is 1.83. The zero-order chi connectivity index (χ0) is 13.8. The molecule has 92 valence electrons. The second-order valence-electron chi connectivity index (χ2n) is 3.04. The maximum Gasteiger partial charge on any atom is 0.296 e. The Labute approximate surface area is 108 Å². The lowest BCUT2D eigenvalue weighted by Crippen LogP contribution is -2.03. The molecular formula is C10H6ClN3O3S. The number of allylic oxidation sites excluding steroid dienone is 1. The summed E-state index contributed by atoms with van der Waals surface area (Å²) in [5, 5.41) is 19.6. The van der Waals surface area contributed by atoms with Crippen molar-refractivity contribution in [2.24, 2.45) is 0 Å². The molecular weight excluding hydrogens is 278 g/mol. The lowest BCUT2D eigenvalue weighted by Gasteiger charge is -2.06. The SMILES string of the molecule is N#CC(C#N)=CNc1ccc(Cl)cc1S(=O)(=O)O. The van der Waals surface area contributed by atoms with Gasteiger partial charge >= 0.3 is 0 Å². The molecule has 18 heavy (non-hydrogen) atoms. The second-order valence-corrected chi connectivity index (χ2v) is 4.87. The summed E-state index contributed by atoms with van der Waals surface area (Å²) in [6.07, 6.45) is 1.03. The van der Waals surface area contributed by atoms with Gasteiger partial charge in [-0.2, -0.15) is 18.9 Å². The number of anilines is 1. The highest BCUT2D eigenvalue weighted by molar-refractivity contribution is 7.86. The summed E-state index contributed by atoms with van der Waals surface area (Å²) in [5.41, 5.74) is -0.240. The van der Waals surface area contributed by atoms with Gasteiger partial charge in [-0.05, 0) is 18.2 Å². The minimum atomic E-state index is -4.46. The Balaban J connectivity index is 3.24. The summed E-state index contributed by atoms with van der Waals surface area (Å²) in [7, 11) is -4.46. The van der Waals surface area contributed by atoms with Crippen LogP contribution in [0.5, 0.6) is 0 Å². The molecule has 0 amide bonds. The van der Waals surface area contributed by atoms with Gasteiger partial charge in [0.05, 0.1) is 5.69 Å². The van der Waals surface area contributed by atoms with Gasteiger partial charge in [0, 0.05) is 11.2 Å². The molecule has 0 heterocycles. The van der Waals surface area contributed by atoms with E-state index in [1.54, 1.807) is 12.1 Å². The normalized spacial score (nSPS) is 10.0. The van der Waals surface area contributed by atoms with Gasteiger partial charge in [0.2, 0.25) is 0 Å². The molecule has 0 aliphatic heterocycles. The fraction of sp³-hybridized carbons (Fsp3) is 0. The number of halogens is 1. The Morgan fingerprint density at radius 1 is 1.39 bits per heavy atom. The fourth-order valence-corrected chi connectivity index (χ4v) is 1.99. The number of rotatable bonds is 3. The molecule has 1 aromatic rings. The minimum absolute atomic E-state index is 0.00454. The molecule has 8 heteroatoms. The van der Waals surface area contributed by atoms with E-state index in [0.29, 0.717) is 0 Å². The summed E-state index contributed by atoms with van der Waals surface area (Å²) in [6, 6.07) is 6.92. The molecule has 0 fully saturated rings. The quantitative estimate of drug-likeness (QED) is 0.647. The molecule has 0 aromatic heterocycles. The molecule has 0 spiro atoms. The lowest BCUT2D eigenvalue weighted by atomic mass is 10.3. The maximum absolute atomic E-state index is 11.1. The molecule has 0 bridgehead atoms. The van der Waals surface area contributed by atoms with Gasteiger partial charge in [-0.15, -0.1) is 0 Å². The van der Waals surface area contributed by atoms with Crippen LogP contribution >= 0.6 is 11.6 Å². The Hall–Kier alpha value is -2.06. The molecule has 0 saturated heterocycles. The summed E-state index contributed by atoms with van der Waals surface area (Å²) >= 11 is 5.62. The molecule has 2 N–H and O–H groups in total. The number of hydrogen-bond donors (Lipinski definition) is 2. The van der Waals surface area contributed by atoms with E-state index in [2.05, 4.69) is 5.32 Å². The van der Waals surface area contributed by atoms with Gasteiger partial charge in [0.15, 0.2) is 0 Å². The first kappa shape index (κ1) is 14.0. The first-order chi connectivity index (χ1) is 8.38. The van der Waals surface area contributed by atoms with Crippen LogP contribution in [0.3, 0.4) is 0 Å². The molecule has 0 atom stereocenters. The van der Waals surface area contributed by atoms with Gasteiger partial charge in [-0.25, -0.2) is 0 Å². The average molecular weight is 284 g/mol. The average Bonchev–Trinajstić information content (AvgIpc) is 2.30. The number of benzene rings is 1. The highest BCUT2D eigenvalue weighted by Gasteiger charge is 2.15. The van der Waals surface area contributed by atoms with Crippen LogP contribution in [0.25, 0.3) is 0 Å². The van der Waals surface area contributed by atoms with E-state index in [9.17, 15) is 8.42 Å². The van der Waals surface area contributed by atoms with Crippen LogP contribution in [0.1, 0.15) is 0 Å². The zero-order valence-corrected chi connectivity index (χ0v) is 10.3. The molecule has 0 unspecified atom stereocenters. The predicted molar refractivity (Wildman–Crippen MR) is 64.2 cm³/mol.